The van der Waals surface area contributed by atoms with E-state index < -0.39 is 21.2 Å². The fraction of sp³-hybridized carbons (Fsp3) is 0. The van der Waals surface area contributed by atoms with E-state index in [0.717, 1.165) is 12.1 Å². The summed E-state index contributed by atoms with van der Waals surface area (Å²) < 4.78 is 0. The molecule has 9 heteroatoms. The number of benzene rings is 2. The average Bonchev–Trinajstić information content (AvgIpc) is 2.54. The number of rotatable bonds is 3. The Balaban J connectivity index is 2.36. The van der Waals surface area contributed by atoms with Crippen LogP contribution in [0.5, 0.6) is 0 Å². The Hall–Kier alpha value is -3.62. The van der Waals surface area contributed by atoms with Gasteiger partial charge in [0, 0.05) is 11.6 Å². The summed E-state index contributed by atoms with van der Waals surface area (Å²) in [5, 5.41) is 22.2. The maximum Gasteiger partial charge on any atom is 0.302 e. The first-order valence-corrected chi connectivity index (χ1v) is 6.43. The zero-order chi connectivity index (χ0) is 16.6. The van der Waals surface area contributed by atoms with Gasteiger partial charge in [-0.1, -0.05) is 30.3 Å². The molecule has 0 atom stereocenters. The van der Waals surface area contributed by atoms with Gasteiger partial charge in [0.25, 0.3) is 5.69 Å². The number of nitrogen functional groups attached to an aromatic ring is 1. The van der Waals surface area contributed by atoms with Crippen LogP contribution in [0.25, 0.3) is 22.3 Å². The third-order valence-corrected chi connectivity index (χ3v) is 3.23. The van der Waals surface area contributed by atoms with Crippen molar-refractivity contribution in [2.75, 3.05) is 5.73 Å². The Kier molecular flexibility index (Phi) is 3.30. The zero-order valence-corrected chi connectivity index (χ0v) is 11.5. The molecule has 9 nitrogen and oxygen atoms in total. The molecule has 114 valence electrons. The summed E-state index contributed by atoms with van der Waals surface area (Å²) in [6.45, 7) is 0. The predicted molar refractivity (Wildman–Crippen MR) is 82.7 cm³/mol. The molecular weight excluding hydrogens is 302 g/mol. The van der Waals surface area contributed by atoms with Gasteiger partial charge in [-0.05, 0) is 0 Å². The number of hydrogen-bond donors (Lipinski definition) is 1. The van der Waals surface area contributed by atoms with E-state index in [-0.39, 0.29) is 22.5 Å². The third-order valence-electron chi connectivity index (χ3n) is 3.23. The molecule has 0 saturated heterocycles. The molecule has 23 heavy (non-hydrogen) atoms. The first-order chi connectivity index (χ1) is 11.0. The fourth-order valence-electron chi connectivity index (χ4n) is 2.18. The lowest BCUT2D eigenvalue weighted by molar-refractivity contribution is -0.393. The molecule has 2 aromatic carbocycles. The maximum atomic E-state index is 11.2. The van der Waals surface area contributed by atoms with Gasteiger partial charge in [-0.2, -0.15) is 0 Å². The van der Waals surface area contributed by atoms with E-state index >= 15 is 0 Å². The Morgan fingerprint density at radius 1 is 0.957 bits per heavy atom. The van der Waals surface area contributed by atoms with Crippen LogP contribution in [0.1, 0.15) is 0 Å². The van der Waals surface area contributed by atoms with E-state index in [0.29, 0.717) is 5.56 Å². The van der Waals surface area contributed by atoms with Gasteiger partial charge < -0.3 is 5.73 Å². The number of anilines is 1. The molecule has 0 radical (unpaired) electrons. The minimum absolute atomic E-state index is 0.0352. The van der Waals surface area contributed by atoms with E-state index in [1.165, 1.54) is 0 Å². The number of aromatic nitrogens is 2. The summed E-state index contributed by atoms with van der Waals surface area (Å²) in [5.41, 5.74) is 5.51. The first-order valence-electron chi connectivity index (χ1n) is 6.43. The van der Waals surface area contributed by atoms with Crippen molar-refractivity contribution in [3.05, 3.63) is 62.7 Å². The Morgan fingerprint density at radius 2 is 1.65 bits per heavy atom. The number of nitro groups is 2. The molecule has 1 heterocycles. The van der Waals surface area contributed by atoms with Crippen molar-refractivity contribution in [1.29, 1.82) is 0 Å². The van der Waals surface area contributed by atoms with E-state index in [1.54, 1.807) is 30.3 Å². The van der Waals surface area contributed by atoms with Crippen LogP contribution in [0.2, 0.25) is 0 Å². The smallest absolute Gasteiger partial charge is 0.302 e. The van der Waals surface area contributed by atoms with E-state index in [9.17, 15) is 20.2 Å². The van der Waals surface area contributed by atoms with Crippen molar-refractivity contribution >= 4 is 28.1 Å². The second kappa shape index (κ2) is 5.30. The SMILES string of the molecule is Nc1nc(-c2ccccc2)nc2c([N+](=O)[O-])cc([N+](=O)[O-])cc12. The number of nitro benzene ring substituents is 2. The van der Waals surface area contributed by atoms with Gasteiger partial charge in [-0.25, -0.2) is 9.97 Å². The number of non-ortho nitro benzene ring substituents is 2. The Bertz CT molecular complexity index is 943. The lowest BCUT2D eigenvalue weighted by atomic mass is 10.1. The normalized spacial score (nSPS) is 10.6. The van der Waals surface area contributed by atoms with E-state index in [4.69, 9.17) is 5.73 Å². The second-order valence-electron chi connectivity index (χ2n) is 4.67. The Labute approximate surface area is 128 Å². The molecule has 0 saturated carbocycles. The molecular formula is C14H9N5O4. The van der Waals surface area contributed by atoms with Crippen molar-refractivity contribution < 1.29 is 9.85 Å². The first kappa shape index (κ1) is 14.3. The van der Waals surface area contributed by atoms with Gasteiger partial charge in [-0.15, -0.1) is 0 Å². The highest BCUT2D eigenvalue weighted by molar-refractivity contribution is 5.97. The topological polar surface area (TPSA) is 138 Å². The van der Waals surface area contributed by atoms with Gasteiger partial charge in [0.05, 0.1) is 21.3 Å². The third kappa shape index (κ3) is 2.50. The quantitative estimate of drug-likeness (QED) is 0.579. The van der Waals surface area contributed by atoms with Crippen LogP contribution >= 0.6 is 0 Å². The van der Waals surface area contributed by atoms with Crippen LogP contribution in [0.15, 0.2) is 42.5 Å². The number of nitrogens with two attached hydrogens (primary N) is 1. The lowest BCUT2D eigenvalue weighted by Crippen LogP contribution is -2.02. The highest BCUT2D eigenvalue weighted by Gasteiger charge is 2.23. The summed E-state index contributed by atoms with van der Waals surface area (Å²) in [4.78, 5) is 29.0. The molecule has 0 spiro atoms. The summed E-state index contributed by atoms with van der Waals surface area (Å²) in [6.07, 6.45) is 0. The molecule has 0 aliphatic heterocycles. The molecule has 0 unspecified atom stereocenters. The van der Waals surface area contributed by atoms with Gasteiger partial charge in [0.1, 0.15) is 5.82 Å². The minimum Gasteiger partial charge on any atom is -0.383 e. The minimum atomic E-state index is -0.726. The highest BCUT2D eigenvalue weighted by atomic mass is 16.6. The van der Waals surface area contributed by atoms with Gasteiger partial charge in [0.15, 0.2) is 11.3 Å². The molecule has 0 bridgehead atoms. The molecule has 3 rings (SSSR count). The van der Waals surface area contributed by atoms with E-state index in [2.05, 4.69) is 9.97 Å². The summed E-state index contributed by atoms with van der Waals surface area (Å²) in [5.74, 6) is 0.160. The van der Waals surface area contributed by atoms with Crippen molar-refractivity contribution in [3.63, 3.8) is 0 Å². The van der Waals surface area contributed by atoms with Crippen LogP contribution in [0.4, 0.5) is 17.2 Å². The molecule has 3 aromatic rings. The van der Waals surface area contributed by atoms with Crippen molar-refractivity contribution in [2.45, 2.75) is 0 Å². The van der Waals surface area contributed by atoms with Crippen LogP contribution in [-0.2, 0) is 0 Å². The van der Waals surface area contributed by atoms with Gasteiger partial charge >= 0.3 is 5.69 Å². The number of fused-ring (bicyclic) bond motifs is 1. The predicted octanol–water partition coefficient (Wildman–Crippen LogP) is 2.70. The molecule has 0 aliphatic rings. The van der Waals surface area contributed by atoms with E-state index in [1.807, 2.05) is 0 Å². The van der Waals surface area contributed by atoms with Crippen LogP contribution < -0.4 is 5.73 Å². The van der Waals surface area contributed by atoms with Crippen LogP contribution in [0.3, 0.4) is 0 Å². The monoisotopic (exact) mass is 311 g/mol. The molecule has 0 amide bonds. The van der Waals surface area contributed by atoms with Crippen molar-refractivity contribution in [3.8, 4) is 11.4 Å². The van der Waals surface area contributed by atoms with Gasteiger partial charge in [-0.3, -0.25) is 20.2 Å². The zero-order valence-electron chi connectivity index (χ0n) is 11.5. The van der Waals surface area contributed by atoms with Gasteiger partial charge in [0.2, 0.25) is 0 Å². The summed E-state index contributed by atoms with van der Waals surface area (Å²) in [7, 11) is 0. The van der Waals surface area contributed by atoms with Crippen molar-refractivity contribution in [1.82, 2.24) is 9.97 Å². The second-order valence-corrected chi connectivity index (χ2v) is 4.67. The average molecular weight is 311 g/mol. The lowest BCUT2D eigenvalue weighted by Gasteiger charge is -2.06. The summed E-state index contributed by atoms with van der Waals surface area (Å²) in [6, 6.07) is 10.8. The van der Waals surface area contributed by atoms with Crippen LogP contribution in [-0.4, -0.2) is 19.8 Å². The van der Waals surface area contributed by atoms with Crippen LogP contribution in [0, 0.1) is 20.2 Å². The standard InChI is InChI=1S/C14H9N5O4/c15-13-10-6-9(18(20)21)7-11(19(22)23)12(10)16-14(17-13)8-4-2-1-3-5-8/h1-7H,(H2,15,16,17). The Morgan fingerprint density at radius 3 is 2.26 bits per heavy atom. The molecule has 0 fully saturated rings. The molecule has 1 aromatic heterocycles. The number of hydrogen-bond acceptors (Lipinski definition) is 7. The molecule has 0 aliphatic carbocycles. The largest absolute Gasteiger partial charge is 0.383 e. The summed E-state index contributed by atoms with van der Waals surface area (Å²) >= 11 is 0. The number of nitrogens with zero attached hydrogens (tertiary/aromatic N) is 4. The fourth-order valence-corrected chi connectivity index (χ4v) is 2.18. The molecule has 2 N–H and O–H groups in total. The van der Waals surface area contributed by atoms with Crippen molar-refractivity contribution in [2.24, 2.45) is 0 Å². The highest BCUT2D eigenvalue weighted by Crippen LogP contribution is 2.33. The maximum absolute atomic E-state index is 11.2.